The first kappa shape index (κ1) is 15.8. The summed E-state index contributed by atoms with van der Waals surface area (Å²) in [6, 6.07) is 0.139. The van der Waals surface area contributed by atoms with Gasteiger partial charge in [0, 0.05) is 19.6 Å². The molecule has 1 aliphatic carbocycles. The lowest BCUT2D eigenvalue weighted by Crippen LogP contribution is -2.46. The second-order valence-corrected chi connectivity index (χ2v) is 5.65. The van der Waals surface area contributed by atoms with Gasteiger partial charge in [0.15, 0.2) is 0 Å². The summed E-state index contributed by atoms with van der Waals surface area (Å²) in [5, 5.41) is 11.7. The lowest BCUT2D eigenvalue weighted by atomic mass is 9.87. The van der Waals surface area contributed by atoms with Crippen molar-refractivity contribution in [3.8, 4) is 0 Å². The zero-order chi connectivity index (χ0) is 14.4. The minimum atomic E-state index is -0.850. The summed E-state index contributed by atoms with van der Waals surface area (Å²) >= 11 is 0. The Morgan fingerprint density at radius 3 is 2.37 bits per heavy atom. The van der Waals surface area contributed by atoms with Crippen molar-refractivity contribution in [3.63, 3.8) is 0 Å². The van der Waals surface area contributed by atoms with Crippen molar-refractivity contribution in [1.29, 1.82) is 0 Å². The third-order valence-electron chi connectivity index (χ3n) is 4.20. The molecule has 0 aromatic rings. The molecule has 1 fully saturated rings. The fourth-order valence-corrected chi connectivity index (χ4v) is 2.54. The molecule has 2 N–H and O–H groups in total. The highest BCUT2D eigenvalue weighted by atomic mass is 16.4. The summed E-state index contributed by atoms with van der Waals surface area (Å²) in [6.07, 6.45) is 4.94. The summed E-state index contributed by atoms with van der Waals surface area (Å²) in [4.78, 5) is 24.6. The molecule has 0 bridgehead atoms. The zero-order valence-corrected chi connectivity index (χ0v) is 12.2. The Labute approximate surface area is 115 Å². The number of amides is 2. The number of rotatable bonds is 5. The lowest BCUT2D eigenvalue weighted by molar-refractivity contribution is -0.141. The van der Waals surface area contributed by atoms with Crippen LogP contribution in [0.5, 0.6) is 0 Å². The molecule has 1 unspecified atom stereocenters. The first-order valence-electron chi connectivity index (χ1n) is 7.19. The minimum Gasteiger partial charge on any atom is -0.481 e. The number of carbonyl (C=O) groups is 2. The molecular weight excluding hydrogens is 244 g/mol. The van der Waals surface area contributed by atoms with E-state index in [4.69, 9.17) is 5.11 Å². The van der Waals surface area contributed by atoms with E-state index >= 15 is 0 Å². The van der Waals surface area contributed by atoms with Gasteiger partial charge in [0.25, 0.3) is 0 Å². The minimum absolute atomic E-state index is 0.153. The molecule has 0 spiro atoms. The van der Waals surface area contributed by atoms with Crippen LogP contribution in [0.1, 0.15) is 46.0 Å². The van der Waals surface area contributed by atoms with Gasteiger partial charge in [-0.2, -0.15) is 0 Å². The van der Waals surface area contributed by atoms with Crippen LogP contribution in [0.2, 0.25) is 0 Å². The number of carboxylic acid groups (broad SMARTS) is 1. The van der Waals surface area contributed by atoms with Crippen LogP contribution in [0, 0.1) is 11.8 Å². The van der Waals surface area contributed by atoms with Gasteiger partial charge in [-0.1, -0.05) is 13.8 Å². The van der Waals surface area contributed by atoms with Gasteiger partial charge >= 0.3 is 12.0 Å². The van der Waals surface area contributed by atoms with Crippen molar-refractivity contribution in [2.75, 3.05) is 13.6 Å². The normalized spacial score (nSPS) is 24.6. The number of carbonyl (C=O) groups excluding carboxylic acids is 1. The van der Waals surface area contributed by atoms with E-state index < -0.39 is 11.9 Å². The van der Waals surface area contributed by atoms with Crippen LogP contribution in [-0.4, -0.2) is 41.6 Å². The second kappa shape index (κ2) is 7.36. The fourth-order valence-electron chi connectivity index (χ4n) is 2.54. The van der Waals surface area contributed by atoms with Crippen molar-refractivity contribution in [2.45, 2.75) is 52.0 Å². The third kappa shape index (κ3) is 4.73. The third-order valence-corrected chi connectivity index (χ3v) is 4.20. The van der Waals surface area contributed by atoms with Crippen LogP contribution in [-0.2, 0) is 4.79 Å². The van der Waals surface area contributed by atoms with E-state index in [1.807, 2.05) is 6.92 Å². The van der Waals surface area contributed by atoms with Gasteiger partial charge < -0.3 is 15.3 Å². The van der Waals surface area contributed by atoms with Crippen molar-refractivity contribution in [2.24, 2.45) is 11.8 Å². The fraction of sp³-hybridized carbons (Fsp3) is 0.857. The molecule has 5 nitrogen and oxygen atoms in total. The molecule has 0 radical (unpaired) electrons. The van der Waals surface area contributed by atoms with Crippen molar-refractivity contribution in [3.05, 3.63) is 0 Å². The summed E-state index contributed by atoms with van der Waals surface area (Å²) in [5.74, 6) is -0.593. The van der Waals surface area contributed by atoms with Gasteiger partial charge in [0.2, 0.25) is 0 Å². The maximum Gasteiger partial charge on any atom is 0.317 e. The number of nitrogens with zero attached hydrogens (tertiary/aromatic N) is 1. The highest BCUT2D eigenvalue weighted by Crippen LogP contribution is 2.26. The average molecular weight is 270 g/mol. The number of hydrogen-bond acceptors (Lipinski definition) is 2. The molecule has 1 atom stereocenters. The van der Waals surface area contributed by atoms with Crippen molar-refractivity contribution in [1.82, 2.24) is 10.2 Å². The maximum absolute atomic E-state index is 12.0. The van der Waals surface area contributed by atoms with E-state index in [9.17, 15) is 9.59 Å². The summed E-state index contributed by atoms with van der Waals surface area (Å²) in [6.45, 7) is 4.27. The van der Waals surface area contributed by atoms with Gasteiger partial charge in [-0.3, -0.25) is 4.79 Å². The standard InChI is InChI=1S/C14H26N2O3/c1-4-11(13(17)18)9-15-14(19)16(3)12-7-5-10(2)6-8-12/h10-12H,4-9H2,1-3H3,(H,15,19)(H,17,18). The van der Waals surface area contributed by atoms with Crippen molar-refractivity contribution < 1.29 is 14.7 Å². The lowest BCUT2D eigenvalue weighted by Gasteiger charge is -2.33. The number of hydrogen-bond donors (Lipinski definition) is 2. The number of carboxylic acids is 1. The first-order chi connectivity index (χ1) is 8.95. The first-order valence-corrected chi connectivity index (χ1v) is 7.19. The molecule has 0 aliphatic heterocycles. The Kier molecular flexibility index (Phi) is 6.12. The summed E-state index contributed by atoms with van der Waals surface area (Å²) < 4.78 is 0. The molecule has 0 saturated heterocycles. The van der Waals surface area contributed by atoms with Crippen LogP contribution in [0.15, 0.2) is 0 Å². The molecule has 5 heteroatoms. The van der Waals surface area contributed by atoms with Crippen LogP contribution < -0.4 is 5.32 Å². The highest BCUT2D eigenvalue weighted by Gasteiger charge is 2.25. The predicted octanol–water partition coefficient (Wildman–Crippen LogP) is 2.32. The monoisotopic (exact) mass is 270 g/mol. The Bertz CT molecular complexity index is 312. The molecule has 2 amide bonds. The van der Waals surface area contributed by atoms with Gasteiger partial charge in [-0.05, 0) is 38.0 Å². The molecular formula is C14H26N2O3. The molecule has 19 heavy (non-hydrogen) atoms. The zero-order valence-electron chi connectivity index (χ0n) is 12.2. The molecule has 0 aromatic carbocycles. The van der Waals surface area contributed by atoms with Gasteiger partial charge in [-0.15, -0.1) is 0 Å². The number of nitrogens with one attached hydrogen (secondary N) is 1. The summed E-state index contributed by atoms with van der Waals surface area (Å²) in [5.41, 5.74) is 0. The quantitative estimate of drug-likeness (QED) is 0.805. The molecule has 0 heterocycles. The molecule has 0 aromatic heterocycles. The molecule has 110 valence electrons. The molecule has 1 saturated carbocycles. The average Bonchev–Trinajstić information content (AvgIpc) is 2.38. The maximum atomic E-state index is 12.0. The van der Waals surface area contributed by atoms with Crippen molar-refractivity contribution >= 4 is 12.0 Å². The Balaban J connectivity index is 2.38. The summed E-state index contributed by atoms with van der Waals surface area (Å²) in [7, 11) is 1.80. The van der Waals surface area contributed by atoms with E-state index in [-0.39, 0.29) is 12.6 Å². The van der Waals surface area contributed by atoms with E-state index in [1.165, 1.54) is 0 Å². The Hall–Kier alpha value is -1.26. The molecule has 1 aliphatic rings. The van der Waals surface area contributed by atoms with Crippen LogP contribution in [0.4, 0.5) is 4.79 Å². The van der Waals surface area contributed by atoms with Gasteiger partial charge in [-0.25, -0.2) is 4.79 Å². The van der Waals surface area contributed by atoms with Gasteiger partial charge in [0.05, 0.1) is 5.92 Å². The van der Waals surface area contributed by atoms with Gasteiger partial charge in [0.1, 0.15) is 0 Å². The van der Waals surface area contributed by atoms with E-state index in [1.54, 1.807) is 11.9 Å². The number of urea groups is 1. The Morgan fingerprint density at radius 1 is 1.32 bits per heavy atom. The predicted molar refractivity (Wildman–Crippen MR) is 74.0 cm³/mol. The topological polar surface area (TPSA) is 69.6 Å². The van der Waals surface area contributed by atoms with Crippen LogP contribution in [0.3, 0.4) is 0 Å². The molecule has 1 rings (SSSR count). The highest BCUT2D eigenvalue weighted by molar-refractivity contribution is 5.76. The van der Waals surface area contributed by atoms with E-state index in [0.717, 1.165) is 31.6 Å². The second-order valence-electron chi connectivity index (χ2n) is 5.65. The Morgan fingerprint density at radius 2 is 1.89 bits per heavy atom. The SMILES string of the molecule is CCC(CNC(=O)N(C)C1CCC(C)CC1)C(=O)O. The smallest absolute Gasteiger partial charge is 0.317 e. The number of aliphatic carboxylic acids is 1. The van der Waals surface area contributed by atoms with Crippen LogP contribution in [0.25, 0.3) is 0 Å². The van der Waals surface area contributed by atoms with E-state index in [2.05, 4.69) is 12.2 Å². The van der Waals surface area contributed by atoms with Crippen LogP contribution >= 0.6 is 0 Å². The largest absolute Gasteiger partial charge is 0.481 e. The van der Waals surface area contributed by atoms with E-state index in [0.29, 0.717) is 12.5 Å².